The summed E-state index contributed by atoms with van der Waals surface area (Å²) >= 11 is 0. The number of hydrogen-bond donors (Lipinski definition) is 2. The Morgan fingerprint density at radius 2 is 2.27 bits per heavy atom. The number of amides is 1. The molecule has 0 bridgehead atoms. The van der Waals surface area contributed by atoms with Crippen molar-refractivity contribution in [3.63, 3.8) is 0 Å². The lowest BCUT2D eigenvalue weighted by Crippen LogP contribution is -2.51. The first kappa shape index (κ1) is 11.7. The van der Waals surface area contributed by atoms with E-state index in [-0.39, 0.29) is 11.9 Å². The van der Waals surface area contributed by atoms with Crippen LogP contribution in [0.1, 0.15) is 32.6 Å². The van der Waals surface area contributed by atoms with Crippen LogP contribution >= 0.6 is 0 Å². The predicted octanol–water partition coefficient (Wildman–Crippen LogP) is 0.335. The molecule has 0 aliphatic heterocycles. The summed E-state index contributed by atoms with van der Waals surface area (Å²) in [6, 6.07) is -0.0208. The first-order valence-corrected chi connectivity index (χ1v) is 4.89. The van der Waals surface area contributed by atoms with Crippen molar-refractivity contribution in [3.8, 4) is 0 Å². The molecule has 1 unspecified atom stereocenters. The molecule has 0 saturated carbocycles. The summed E-state index contributed by atoms with van der Waals surface area (Å²) < 4.78 is 1.91. The monoisotopic (exact) mass is 210 g/mol. The molecule has 1 rings (SSSR count). The molecule has 1 aromatic rings. The summed E-state index contributed by atoms with van der Waals surface area (Å²) in [5.41, 5.74) is 4.55. The van der Waals surface area contributed by atoms with E-state index in [4.69, 9.17) is 5.73 Å². The Morgan fingerprint density at radius 3 is 2.67 bits per heavy atom. The zero-order valence-electron chi connectivity index (χ0n) is 9.61. The van der Waals surface area contributed by atoms with Crippen molar-refractivity contribution < 1.29 is 4.79 Å². The van der Waals surface area contributed by atoms with Gasteiger partial charge in [-0.1, -0.05) is 0 Å². The average Bonchev–Trinajstić information content (AvgIpc) is 2.50. The molecule has 0 radical (unpaired) electrons. The number of hydrogen-bond acceptors (Lipinski definition) is 3. The Bertz CT molecular complexity index is 356. The summed E-state index contributed by atoms with van der Waals surface area (Å²) in [6.45, 7) is 5.47. The summed E-state index contributed by atoms with van der Waals surface area (Å²) in [5.74, 6) is 0.507. The predicted molar refractivity (Wildman–Crippen MR) is 58.0 cm³/mol. The first-order valence-electron chi connectivity index (χ1n) is 4.89. The van der Waals surface area contributed by atoms with Crippen molar-refractivity contribution in [3.05, 3.63) is 18.2 Å². The van der Waals surface area contributed by atoms with Crippen LogP contribution in [-0.2, 0) is 11.8 Å². The number of carbonyl (C=O) groups is 1. The molecule has 0 saturated heterocycles. The van der Waals surface area contributed by atoms with Crippen LogP contribution in [0.5, 0.6) is 0 Å². The molecule has 0 aliphatic carbocycles. The van der Waals surface area contributed by atoms with Gasteiger partial charge in [0.1, 0.15) is 5.82 Å². The molecule has 5 heteroatoms. The van der Waals surface area contributed by atoms with E-state index < -0.39 is 5.54 Å². The normalized spacial score (nSPS) is 13.9. The van der Waals surface area contributed by atoms with Crippen LogP contribution in [-0.4, -0.2) is 21.0 Å². The number of aryl methyl sites for hydroxylation is 1. The van der Waals surface area contributed by atoms with E-state index in [1.807, 2.05) is 24.7 Å². The third-order valence-corrected chi connectivity index (χ3v) is 2.44. The third kappa shape index (κ3) is 2.56. The summed E-state index contributed by atoms with van der Waals surface area (Å²) in [7, 11) is 1.91. The minimum atomic E-state index is -0.731. The number of nitrogens with one attached hydrogen (secondary N) is 1. The molecule has 15 heavy (non-hydrogen) atoms. The highest BCUT2D eigenvalue weighted by atomic mass is 16.1. The van der Waals surface area contributed by atoms with E-state index in [1.165, 1.54) is 0 Å². The number of carbonyl (C=O) groups excluding carboxylic acids is 1. The van der Waals surface area contributed by atoms with Crippen molar-refractivity contribution in [1.82, 2.24) is 14.9 Å². The molecule has 1 atom stereocenters. The molecule has 5 nitrogen and oxygen atoms in total. The Balaban J connectivity index is 2.76. The Hall–Kier alpha value is -1.36. The summed E-state index contributed by atoms with van der Waals surface area (Å²) in [5, 5.41) is 3.14. The lowest BCUT2D eigenvalue weighted by Gasteiger charge is -2.26. The Morgan fingerprint density at radius 1 is 1.67 bits per heavy atom. The fourth-order valence-electron chi connectivity index (χ4n) is 1.47. The fourth-order valence-corrected chi connectivity index (χ4v) is 1.47. The van der Waals surface area contributed by atoms with Crippen LogP contribution in [0.4, 0.5) is 0 Å². The zero-order valence-corrected chi connectivity index (χ0v) is 9.61. The van der Waals surface area contributed by atoms with Crippen molar-refractivity contribution >= 4 is 5.91 Å². The van der Waals surface area contributed by atoms with Gasteiger partial charge in [-0.05, 0) is 20.8 Å². The van der Waals surface area contributed by atoms with Gasteiger partial charge in [-0.25, -0.2) is 4.98 Å². The van der Waals surface area contributed by atoms with Gasteiger partial charge in [-0.3, -0.25) is 10.1 Å². The molecule has 0 aliphatic rings. The van der Waals surface area contributed by atoms with Crippen LogP contribution in [0.2, 0.25) is 0 Å². The highest BCUT2D eigenvalue weighted by molar-refractivity contribution is 5.83. The average molecular weight is 210 g/mol. The highest BCUT2D eigenvalue weighted by Crippen LogP contribution is 2.13. The quantitative estimate of drug-likeness (QED) is 0.752. The number of nitrogens with zero attached hydrogens (tertiary/aromatic N) is 2. The molecular formula is C10H18N4O. The van der Waals surface area contributed by atoms with Gasteiger partial charge in [0.05, 0.1) is 11.6 Å². The molecule has 1 aromatic heterocycles. The van der Waals surface area contributed by atoms with Gasteiger partial charge in [-0.15, -0.1) is 0 Å². The Kier molecular flexibility index (Phi) is 3.14. The lowest BCUT2D eigenvalue weighted by molar-refractivity contribution is -0.123. The van der Waals surface area contributed by atoms with Crippen LogP contribution in [0.3, 0.4) is 0 Å². The van der Waals surface area contributed by atoms with Crippen LogP contribution in [0.15, 0.2) is 12.4 Å². The number of nitrogens with two attached hydrogens (primary N) is 1. The largest absolute Gasteiger partial charge is 0.368 e. The van der Waals surface area contributed by atoms with E-state index in [1.54, 1.807) is 20.0 Å². The van der Waals surface area contributed by atoms with E-state index in [9.17, 15) is 4.79 Å². The van der Waals surface area contributed by atoms with Gasteiger partial charge in [0.25, 0.3) is 0 Å². The maximum absolute atomic E-state index is 11.1. The van der Waals surface area contributed by atoms with Crippen LogP contribution < -0.4 is 11.1 Å². The molecule has 0 aromatic carbocycles. The maximum atomic E-state index is 11.1. The summed E-state index contributed by atoms with van der Waals surface area (Å²) in [6.07, 6.45) is 3.59. The van der Waals surface area contributed by atoms with Gasteiger partial charge in [0.15, 0.2) is 0 Å². The second kappa shape index (κ2) is 4.02. The number of primary amides is 1. The van der Waals surface area contributed by atoms with Gasteiger partial charge in [-0.2, -0.15) is 0 Å². The van der Waals surface area contributed by atoms with Gasteiger partial charge in [0, 0.05) is 19.4 Å². The Labute approximate surface area is 89.7 Å². The number of rotatable bonds is 4. The molecule has 1 amide bonds. The third-order valence-electron chi connectivity index (χ3n) is 2.44. The van der Waals surface area contributed by atoms with Gasteiger partial charge in [0.2, 0.25) is 5.91 Å². The number of imidazole rings is 1. The van der Waals surface area contributed by atoms with Crippen LogP contribution in [0.25, 0.3) is 0 Å². The second-order valence-corrected chi connectivity index (χ2v) is 4.25. The van der Waals surface area contributed by atoms with Crippen molar-refractivity contribution in [2.24, 2.45) is 12.8 Å². The topological polar surface area (TPSA) is 72.9 Å². The fraction of sp³-hybridized carbons (Fsp3) is 0.600. The van der Waals surface area contributed by atoms with Crippen molar-refractivity contribution in [1.29, 1.82) is 0 Å². The second-order valence-electron chi connectivity index (χ2n) is 4.25. The first-order chi connectivity index (χ1) is 6.84. The molecule has 84 valence electrons. The van der Waals surface area contributed by atoms with E-state index in [2.05, 4.69) is 10.3 Å². The minimum Gasteiger partial charge on any atom is -0.368 e. The van der Waals surface area contributed by atoms with Crippen molar-refractivity contribution in [2.45, 2.75) is 32.4 Å². The van der Waals surface area contributed by atoms with Crippen molar-refractivity contribution in [2.75, 3.05) is 0 Å². The summed E-state index contributed by atoms with van der Waals surface area (Å²) in [4.78, 5) is 15.4. The standard InChI is InChI=1S/C10H18N4O/c1-7(8-12-5-6-14(8)4)13-10(2,3)9(11)15/h5-7,13H,1-4H3,(H2,11,15). The maximum Gasteiger partial charge on any atom is 0.237 e. The molecule has 1 heterocycles. The zero-order chi connectivity index (χ0) is 11.6. The smallest absolute Gasteiger partial charge is 0.237 e. The molecule has 3 N–H and O–H groups in total. The SMILES string of the molecule is CC(NC(C)(C)C(N)=O)c1nccn1C. The lowest BCUT2D eigenvalue weighted by atomic mass is 10.0. The molecule has 0 spiro atoms. The molecular weight excluding hydrogens is 192 g/mol. The van der Waals surface area contributed by atoms with Gasteiger partial charge >= 0.3 is 0 Å². The minimum absolute atomic E-state index is 0.0208. The van der Waals surface area contributed by atoms with E-state index in [0.29, 0.717) is 0 Å². The highest BCUT2D eigenvalue weighted by Gasteiger charge is 2.27. The van der Waals surface area contributed by atoms with Gasteiger partial charge < -0.3 is 10.3 Å². The van der Waals surface area contributed by atoms with E-state index in [0.717, 1.165) is 5.82 Å². The van der Waals surface area contributed by atoms with Crippen LogP contribution in [0, 0.1) is 0 Å². The van der Waals surface area contributed by atoms with E-state index >= 15 is 0 Å². The number of aromatic nitrogens is 2. The molecule has 0 fully saturated rings.